The highest BCUT2D eigenvalue weighted by Crippen LogP contribution is 2.02. The zero-order valence-electron chi connectivity index (χ0n) is 14.9. The third-order valence-electron chi connectivity index (χ3n) is 3.63. The molecule has 2 rings (SSSR count). The SMILES string of the molecule is COC(=O)[C@@H](Cc1cnc[nH]1)NC(=O)CCNC(=O)OCc1ccccc1. The number of benzene rings is 1. The van der Waals surface area contributed by atoms with Crippen LogP contribution in [0, 0.1) is 0 Å². The van der Waals surface area contributed by atoms with Gasteiger partial charge in [0, 0.05) is 31.3 Å². The van der Waals surface area contributed by atoms with Gasteiger partial charge in [-0.15, -0.1) is 0 Å². The number of H-pyrrole nitrogens is 1. The van der Waals surface area contributed by atoms with Crippen LogP contribution in [0.5, 0.6) is 0 Å². The van der Waals surface area contributed by atoms with Gasteiger partial charge in [-0.1, -0.05) is 30.3 Å². The van der Waals surface area contributed by atoms with E-state index in [0.29, 0.717) is 5.69 Å². The maximum absolute atomic E-state index is 12.0. The molecule has 2 aromatic rings. The van der Waals surface area contributed by atoms with Crippen LogP contribution in [0.2, 0.25) is 0 Å². The Morgan fingerprint density at radius 3 is 2.67 bits per heavy atom. The van der Waals surface area contributed by atoms with Crippen molar-refractivity contribution >= 4 is 18.0 Å². The number of methoxy groups -OCH3 is 1. The Kier molecular flexibility index (Phi) is 7.83. The fourth-order valence-corrected chi connectivity index (χ4v) is 2.27. The van der Waals surface area contributed by atoms with Gasteiger partial charge >= 0.3 is 12.1 Å². The Bertz CT molecular complexity index is 733. The molecule has 3 N–H and O–H groups in total. The Balaban J connectivity index is 1.70. The highest BCUT2D eigenvalue weighted by molar-refractivity contribution is 5.84. The maximum atomic E-state index is 12.0. The average molecular weight is 374 g/mol. The molecule has 0 bridgehead atoms. The van der Waals surface area contributed by atoms with Gasteiger partial charge in [0.15, 0.2) is 0 Å². The lowest BCUT2D eigenvalue weighted by Crippen LogP contribution is -2.44. The second-order valence-electron chi connectivity index (χ2n) is 5.66. The summed E-state index contributed by atoms with van der Waals surface area (Å²) in [7, 11) is 1.25. The van der Waals surface area contributed by atoms with E-state index >= 15 is 0 Å². The molecule has 0 unspecified atom stereocenters. The fourth-order valence-electron chi connectivity index (χ4n) is 2.27. The summed E-state index contributed by atoms with van der Waals surface area (Å²) in [5, 5.41) is 5.08. The van der Waals surface area contributed by atoms with Crippen LogP contribution in [0.15, 0.2) is 42.9 Å². The van der Waals surface area contributed by atoms with Crippen LogP contribution < -0.4 is 10.6 Å². The molecule has 27 heavy (non-hydrogen) atoms. The monoisotopic (exact) mass is 374 g/mol. The molecule has 0 saturated heterocycles. The quantitative estimate of drug-likeness (QED) is 0.561. The summed E-state index contributed by atoms with van der Waals surface area (Å²) in [5.74, 6) is -0.957. The van der Waals surface area contributed by atoms with Gasteiger partial charge in [-0.3, -0.25) is 4.79 Å². The number of hydrogen-bond donors (Lipinski definition) is 3. The number of esters is 1. The van der Waals surface area contributed by atoms with E-state index in [2.05, 4.69) is 20.6 Å². The minimum absolute atomic E-state index is 0.00307. The van der Waals surface area contributed by atoms with Gasteiger partial charge in [0.2, 0.25) is 5.91 Å². The Morgan fingerprint density at radius 1 is 1.22 bits per heavy atom. The molecule has 2 amide bonds. The summed E-state index contributed by atoms with van der Waals surface area (Å²) >= 11 is 0. The Labute approximate surface area is 156 Å². The number of amides is 2. The summed E-state index contributed by atoms with van der Waals surface area (Å²) in [6.07, 6.45) is 2.65. The number of hydrogen-bond acceptors (Lipinski definition) is 6. The molecule has 0 aliphatic heterocycles. The van der Waals surface area contributed by atoms with Crippen LogP contribution in [0.25, 0.3) is 0 Å². The standard InChI is InChI=1S/C18H22N4O5/c1-26-17(24)15(9-14-10-19-12-21-14)22-16(23)7-8-20-18(25)27-11-13-5-3-2-4-6-13/h2-6,10,12,15H,7-9,11H2,1H3,(H,19,21)(H,20,25)(H,22,23)/t15-/m1/s1. The van der Waals surface area contributed by atoms with Crippen LogP contribution in [-0.4, -0.2) is 47.6 Å². The van der Waals surface area contributed by atoms with Gasteiger partial charge in [-0.05, 0) is 5.56 Å². The number of carbonyl (C=O) groups is 3. The van der Waals surface area contributed by atoms with Crippen molar-refractivity contribution in [3.8, 4) is 0 Å². The lowest BCUT2D eigenvalue weighted by atomic mass is 10.1. The molecular weight excluding hydrogens is 352 g/mol. The predicted molar refractivity (Wildman–Crippen MR) is 95.5 cm³/mol. The van der Waals surface area contributed by atoms with E-state index in [-0.39, 0.29) is 26.0 Å². The van der Waals surface area contributed by atoms with E-state index in [1.807, 2.05) is 30.3 Å². The molecular formula is C18H22N4O5. The predicted octanol–water partition coefficient (Wildman–Crippen LogP) is 0.927. The zero-order valence-corrected chi connectivity index (χ0v) is 14.9. The maximum Gasteiger partial charge on any atom is 0.407 e. The summed E-state index contributed by atoms with van der Waals surface area (Å²) in [5.41, 5.74) is 1.55. The van der Waals surface area contributed by atoms with Crippen LogP contribution >= 0.6 is 0 Å². The lowest BCUT2D eigenvalue weighted by Gasteiger charge is -2.16. The van der Waals surface area contributed by atoms with E-state index in [1.54, 1.807) is 6.20 Å². The van der Waals surface area contributed by atoms with Crippen molar-refractivity contribution in [2.24, 2.45) is 0 Å². The minimum atomic E-state index is -0.840. The first-order valence-corrected chi connectivity index (χ1v) is 8.37. The zero-order chi connectivity index (χ0) is 19.5. The number of carbonyl (C=O) groups excluding carboxylic acids is 3. The second-order valence-corrected chi connectivity index (χ2v) is 5.66. The van der Waals surface area contributed by atoms with E-state index in [9.17, 15) is 14.4 Å². The highest BCUT2D eigenvalue weighted by atomic mass is 16.5. The van der Waals surface area contributed by atoms with Crippen LogP contribution in [0.4, 0.5) is 4.79 Å². The van der Waals surface area contributed by atoms with Gasteiger partial charge < -0.3 is 25.1 Å². The molecule has 0 radical (unpaired) electrons. The molecule has 9 heteroatoms. The molecule has 0 aliphatic rings. The molecule has 9 nitrogen and oxygen atoms in total. The largest absolute Gasteiger partial charge is 0.467 e. The van der Waals surface area contributed by atoms with Gasteiger partial charge in [0.05, 0.1) is 13.4 Å². The summed E-state index contributed by atoms with van der Waals surface area (Å²) in [4.78, 5) is 42.2. The third-order valence-corrected chi connectivity index (χ3v) is 3.63. The van der Waals surface area contributed by atoms with Crippen molar-refractivity contribution < 1.29 is 23.9 Å². The normalized spacial score (nSPS) is 11.3. The summed E-state index contributed by atoms with van der Waals surface area (Å²) in [6.45, 7) is 0.227. The molecule has 1 heterocycles. The fraction of sp³-hybridized carbons (Fsp3) is 0.333. The number of alkyl carbamates (subject to hydrolysis) is 1. The molecule has 144 valence electrons. The summed E-state index contributed by atoms with van der Waals surface area (Å²) in [6, 6.07) is 8.41. The number of aromatic amines is 1. The van der Waals surface area contributed by atoms with Gasteiger partial charge in [0.25, 0.3) is 0 Å². The summed E-state index contributed by atoms with van der Waals surface area (Å²) < 4.78 is 9.75. The van der Waals surface area contributed by atoms with Crippen LogP contribution in [0.3, 0.4) is 0 Å². The number of nitrogens with zero attached hydrogens (tertiary/aromatic N) is 1. The molecule has 1 atom stereocenters. The van der Waals surface area contributed by atoms with Gasteiger partial charge in [-0.2, -0.15) is 0 Å². The van der Waals surface area contributed by atoms with Crippen molar-refractivity contribution in [2.75, 3.05) is 13.7 Å². The average Bonchev–Trinajstić information content (AvgIpc) is 3.19. The second kappa shape index (κ2) is 10.6. The number of imidazole rings is 1. The van der Waals surface area contributed by atoms with Crippen molar-refractivity contribution in [2.45, 2.75) is 25.5 Å². The van der Waals surface area contributed by atoms with E-state index in [1.165, 1.54) is 13.4 Å². The topological polar surface area (TPSA) is 122 Å². The first kappa shape index (κ1) is 20.0. The lowest BCUT2D eigenvalue weighted by molar-refractivity contribution is -0.145. The Morgan fingerprint density at radius 2 is 2.00 bits per heavy atom. The first-order valence-electron chi connectivity index (χ1n) is 8.37. The molecule has 0 spiro atoms. The molecule has 1 aromatic carbocycles. The van der Waals surface area contributed by atoms with Crippen LogP contribution in [-0.2, 0) is 32.1 Å². The first-order chi connectivity index (χ1) is 13.1. The van der Waals surface area contributed by atoms with Crippen molar-refractivity contribution in [3.63, 3.8) is 0 Å². The van der Waals surface area contributed by atoms with Crippen molar-refractivity contribution in [3.05, 3.63) is 54.1 Å². The molecule has 1 aromatic heterocycles. The Hall–Kier alpha value is -3.36. The smallest absolute Gasteiger partial charge is 0.407 e. The van der Waals surface area contributed by atoms with E-state index in [0.717, 1.165) is 5.56 Å². The van der Waals surface area contributed by atoms with Crippen molar-refractivity contribution in [1.82, 2.24) is 20.6 Å². The van der Waals surface area contributed by atoms with Crippen LogP contribution in [0.1, 0.15) is 17.7 Å². The molecule has 0 aliphatic carbocycles. The number of ether oxygens (including phenoxy) is 2. The van der Waals surface area contributed by atoms with E-state index < -0.39 is 24.0 Å². The van der Waals surface area contributed by atoms with Gasteiger partial charge in [0.1, 0.15) is 12.6 Å². The van der Waals surface area contributed by atoms with E-state index in [4.69, 9.17) is 9.47 Å². The number of rotatable bonds is 9. The van der Waals surface area contributed by atoms with Crippen molar-refractivity contribution in [1.29, 1.82) is 0 Å². The molecule has 0 saturated carbocycles. The number of nitrogens with one attached hydrogen (secondary N) is 3. The minimum Gasteiger partial charge on any atom is -0.467 e. The highest BCUT2D eigenvalue weighted by Gasteiger charge is 2.22. The third kappa shape index (κ3) is 7.18. The number of aromatic nitrogens is 2. The van der Waals surface area contributed by atoms with Gasteiger partial charge in [-0.25, -0.2) is 14.6 Å². The molecule has 0 fully saturated rings.